The van der Waals surface area contributed by atoms with Crippen LogP contribution < -0.4 is 5.73 Å². The number of anilines is 1. The fourth-order valence-electron chi connectivity index (χ4n) is 2.30. The second kappa shape index (κ2) is 6.39. The maximum absolute atomic E-state index is 12.7. The average molecular weight is 306 g/mol. The van der Waals surface area contributed by atoms with Gasteiger partial charge in [0.2, 0.25) is 0 Å². The molecule has 21 heavy (non-hydrogen) atoms. The molecular formula is C15H22N4OS. The van der Waals surface area contributed by atoms with Crippen LogP contribution in [0.5, 0.6) is 0 Å². The van der Waals surface area contributed by atoms with Crippen LogP contribution in [0.2, 0.25) is 0 Å². The number of aromatic nitrogens is 2. The fraction of sp³-hybridized carbons (Fsp3) is 0.533. The van der Waals surface area contributed by atoms with Crippen LogP contribution in [0.1, 0.15) is 47.6 Å². The summed E-state index contributed by atoms with van der Waals surface area (Å²) in [6.45, 7) is 9.44. The van der Waals surface area contributed by atoms with Crippen LogP contribution in [-0.2, 0) is 0 Å². The van der Waals surface area contributed by atoms with E-state index in [0.717, 1.165) is 40.9 Å². The van der Waals surface area contributed by atoms with Crippen molar-refractivity contribution in [3.8, 4) is 0 Å². The summed E-state index contributed by atoms with van der Waals surface area (Å²) >= 11 is 1.34. The zero-order chi connectivity index (χ0) is 15.6. The molecule has 0 aliphatic rings. The number of unbranched alkanes of at least 4 members (excludes halogenated alkanes) is 1. The van der Waals surface area contributed by atoms with E-state index in [-0.39, 0.29) is 5.91 Å². The third kappa shape index (κ3) is 2.85. The third-order valence-corrected chi connectivity index (χ3v) is 4.86. The minimum Gasteiger partial charge on any atom is -0.397 e. The first-order chi connectivity index (χ1) is 10.0. The Morgan fingerprint density at radius 1 is 1.29 bits per heavy atom. The zero-order valence-corrected chi connectivity index (χ0v) is 13.9. The molecule has 0 saturated heterocycles. The quantitative estimate of drug-likeness (QED) is 0.921. The van der Waals surface area contributed by atoms with Crippen LogP contribution in [-0.4, -0.2) is 34.1 Å². The van der Waals surface area contributed by atoms with E-state index in [9.17, 15) is 4.79 Å². The molecule has 0 bridgehead atoms. The van der Waals surface area contributed by atoms with Crippen LogP contribution in [0, 0.1) is 13.8 Å². The molecule has 2 heterocycles. The lowest BCUT2D eigenvalue weighted by molar-refractivity contribution is 0.0768. The Hall–Kier alpha value is -1.69. The van der Waals surface area contributed by atoms with Gasteiger partial charge in [-0.25, -0.2) is 0 Å². The number of amides is 1. The summed E-state index contributed by atoms with van der Waals surface area (Å²) in [5.41, 5.74) is 8.63. The standard InChI is InChI=1S/C15H22N4OS/c1-5-7-8-19(6-2)15(20)13-12(16)11-9(3)10(4)17-18-14(11)21-13/h5-8,16H2,1-4H3. The summed E-state index contributed by atoms with van der Waals surface area (Å²) in [5, 5.41) is 9.16. The summed E-state index contributed by atoms with van der Waals surface area (Å²) in [6, 6.07) is 0. The predicted molar refractivity (Wildman–Crippen MR) is 87.8 cm³/mol. The molecule has 2 N–H and O–H groups in total. The minimum atomic E-state index is 0.00324. The molecule has 0 unspecified atom stereocenters. The summed E-state index contributed by atoms with van der Waals surface area (Å²) < 4.78 is 0. The van der Waals surface area contributed by atoms with Crippen molar-refractivity contribution in [3.05, 3.63) is 16.1 Å². The Morgan fingerprint density at radius 2 is 2.00 bits per heavy atom. The number of hydrogen-bond donors (Lipinski definition) is 1. The van der Waals surface area contributed by atoms with Gasteiger partial charge in [0.1, 0.15) is 9.71 Å². The topological polar surface area (TPSA) is 72.1 Å². The lowest BCUT2D eigenvalue weighted by Crippen LogP contribution is -2.31. The number of thiophene rings is 1. The number of aryl methyl sites for hydroxylation is 2. The molecule has 0 atom stereocenters. The van der Waals surface area contributed by atoms with Crippen molar-refractivity contribution in [2.24, 2.45) is 0 Å². The van der Waals surface area contributed by atoms with Gasteiger partial charge in [-0.2, -0.15) is 5.10 Å². The molecule has 2 rings (SSSR count). The summed E-state index contributed by atoms with van der Waals surface area (Å²) in [7, 11) is 0. The smallest absolute Gasteiger partial charge is 0.266 e. The monoisotopic (exact) mass is 306 g/mol. The van der Waals surface area contributed by atoms with Gasteiger partial charge in [-0.05, 0) is 32.8 Å². The Kier molecular flexibility index (Phi) is 4.77. The van der Waals surface area contributed by atoms with Crippen molar-refractivity contribution < 1.29 is 4.79 Å². The summed E-state index contributed by atoms with van der Waals surface area (Å²) in [4.78, 5) is 15.9. The fourth-order valence-corrected chi connectivity index (χ4v) is 3.36. The molecule has 0 spiro atoms. The molecule has 114 valence electrons. The SMILES string of the molecule is CCCCN(CC)C(=O)c1sc2nnc(C)c(C)c2c1N. The van der Waals surface area contributed by atoms with Crippen LogP contribution >= 0.6 is 11.3 Å². The molecule has 6 heteroatoms. The van der Waals surface area contributed by atoms with E-state index >= 15 is 0 Å². The van der Waals surface area contributed by atoms with E-state index in [4.69, 9.17) is 5.73 Å². The van der Waals surface area contributed by atoms with E-state index in [1.54, 1.807) is 0 Å². The van der Waals surface area contributed by atoms with Gasteiger partial charge in [0, 0.05) is 18.5 Å². The van der Waals surface area contributed by atoms with Crippen LogP contribution in [0.25, 0.3) is 10.2 Å². The van der Waals surface area contributed by atoms with Crippen molar-refractivity contribution in [1.82, 2.24) is 15.1 Å². The summed E-state index contributed by atoms with van der Waals surface area (Å²) in [5.74, 6) is 0.00324. The molecular weight excluding hydrogens is 284 g/mol. The van der Waals surface area contributed by atoms with Gasteiger partial charge in [-0.15, -0.1) is 16.4 Å². The van der Waals surface area contributed by atoms with Crippen molar-refractivity contribution in [3.63, 3.8) is 0 Å². The lowest BCUT2D eigenvalue weighted by Gasteiger charge is -2.20. The average Bonchev–Trinajstić information content (AvgIpc) is 2.81. The highest BCUT2D eigenvalue weighted by atomic mass is 32.1. The summed E-state index contributed by atoms with van der Waals surface area (Å²) in [6.07, 6.45) is 2.07. The molecule has 0 saturated carbocycles. The molecule has 0 aliphatic carbocycles. The number of nitrogens with two attached hydrogens (primary N) is 1. The largest absolute Gasteiger partial charge is 0.397 e. The Morgan fingerprint density at radius 3 is 2.62 bits per heavy atom. The molecule has 0 radical (unpaired) electrons. The Labute approximate surface area is 129 Å². The number of fused-ring (bicyclic) bond motifs is 1. The molecule has 2 aromatic heterocycles. The van der Waals surface area contributed by atoms with Crippen molar-refractivity contribution >= 4 is 33.1 Å². The van der Waals surface area contributed by atoms with Gasteiger partial charge in [-0.1, -0.05) is 13.3 Å². The van der Waals surface area contributed by atoms with E-state index in [0.29, 0.717) is 17.1 Å². The number of hydrogen-bond acceptors (Lipinski definition) is 5. The second-order valence-corrected chi connectivity index (χ2v) is 6.17. The first kappa shape index (κ1) is 15.7. The van der Waals surface area contributed by atoms with Gasteiger partial charge in [0.05, 0.1) is 11.4 Å². The number of carbonyl (C=O) groups excluding carboxylic acids is 1. The first-order valence-corrected chi connectivity index (χ1v) is 8.14. The van der Waals surface area contributed by atoms with E-state index in [1.165, 1.54) is 11.3 Å². The Bertz CT molecular complexity index is 665. The number of rotatable bonds is 5. The van der Waals surface area contributed by atoms with Crippen molar-refractivity contribution in [2.75, 3.05) is 18.8 Å². The Balaban J connectivity index is 2.44. The molecule has 5 nitrogen and oxygen atoms in total. The number of nitrogen functional groups attached to an aromatic ring is 1. The molecule has 0 fully saturated rings. The number of carbonyl (C=O) groups is 1. The van der Waals surface area contributed by atoms with Gasteiger partial charge >= 0.3 is 0 Å². The maximum atomic E-state index is 12.7. The zero-order valence-electron chi connectivity index (χ0n) is 13.1. The first-order valence-electron chi connectivity index (χ1n) is 7.32. The van der Waals surface area contributed by atoms with Crippen LogP contribution in [0.15, 0.2) is 0 Å². The van der Waals surface area contributed by atoms with Crippen molar-refractivity contribution in [1.29, 1.82) is 0 Å². The lowest BCUT2D eigenvalue weighted by atomic mass is 10.1. The van der Waals surface area contributed by atoms with Gasteiger partial charge < -0.3 is 10.6 Å². The highest BCUT2D eigenvalue weighted by Crippen LogP contribution is 2.35. The molecule has 0 aliphatic heterocycles. The molecule has 2 aromatic rings. The normalized spacial score (nSPS) is 11.0. The van der Waals surface area contributed by atoms with Gasteiger partial charge in [0.25, 0.3) is 5.91 Å². The van der Waals surface area contributed by atoms with E-state index in [1.807, 2.05) is 25.7 Å². The molecule has 0 aromatic carbocycles. The second-order valence-electron chi connectivity index (χ2n) is 5.17. The maximum Gasteiger partial charge on any atom is 0.266 e. The van der Waals surface area contributed by atoms with E-state index in [2.05, 4.69) is 17.1 Å². The number of nitrogens with zero attached hydrogens (tertiary/aromatic N) is 3. The highest BCUT2D eigenvalue weighted by Gasteiger charge is 2.23. The van der Waals surface area contributed by atoms with Crippen LogP contribution in [0.3, 0.4) is 0 Å². The van der Waals surface area contributed by atoms with Crippen LogP contribution in [0.4, 0.5) is 5.69 Å². The third-order valence-electron chi connectivity index (χ3n) is 3.78. The van der Waals surface area contributed by atoms with Crippen molar-refractivity contribution in [2.45, 2.75) is 40.5 Å². The van der Waals surface area contributed by atoms with E-state index < -0.39 is 0 Å². The van der Waals surface area contributed by atoms with Gasteiger partial charge in [0.15, 0.2) is 0 Å². The predicted octanol–water partition coefficient (Wildman–Crippen LogP) is 3.15. The van der Waals surface area contributed by atoms with Gasteiger partial charge in [-0.3, -0.25) is 4.79 Å². The minimum absolute atomic E-state index is 0.00324. The highest BCUT2D eigenvalue weighted by molar-refractivity contribution is 7.21. The molecule has 1 amide bonds.